The minimum atomic E-state index is -0.695. The van der Waals surface area contributed by atoms with Gasteiger partial charge in [-0.1, -0.05) is 42.5 Å². The van der Waals surface area contributed by atoms with Gasteiger partial charge in [0, 0.05) is 25.5 Å². The Labute approximate surface area is 165 Å². The Morgan fingerprint density at radius 3 is 2.79 bits per heavy atom. The van der Waals surface area contributed by atoms with E-state index in [-0.39, 0.29) is 18.4 Å². The van der Waals surface area contributed by atoms with Crippen molar-refractivity contribution in [2.24, 2.45) is 5.41 Å². The molecule has 28 heavy (non-hydrogen) atoms. The van der Waals surface area contributed by atoms with Gasteiger partial charge in [0.25, 0.3) is 0 Å². The second kappa shape index (κ2) is 9.35. The largest absolute Gasteiger partial charge is 0.466 e. The summed E-state index contributed by atoms with van der Waals surface area (Å²) in [6.45, 7) is 3.37. The molecule has 1 aliphatic rings. The Balaban J connectivity index is 1.73. The molecule has 1 fully saturated rings. The number of nitrogens with zero attached hydrogens (tertiary/aromatic N) is 3. The van der Waals surface area contributed by atoms with Gasteiger partial charge in [-0.15, -0.1) is 0 Å². The fourth-order valence-corrected chi connectivity index (χ4v) is 3.66. The number of carbonyl (C=O) groups is 2. The number of ether oxygens (including phenoxy) is 1. The number of allylic oxidation sites excluding steroid dienone is 1. The first-order valence-electron chi connectivity index (χ1n) is 9.77. The molecule has 0 radical (unpaired) electrons. The zero-order valence-electron chi connectivity index (χ0n) is 16.3. The van der Waals surface area contributed by atoms with Gasteiger partial charge in [-0.25, -0.2) is 0 Å². The Morgan fingerprint density at radius 1 is 1.25 bits per heavy atom. The van der Waals surface area contributed by atoms with Crippen LogP contribution in [0.25, 0.3) is 6.08 Å². The maximum Gasteiger partial charge on any atom is 0.314 e. The van der Waals surface area contributed by atoms with Crippen molar-refractivity contribution < 1.29 is 14.3 Å². The van der Waals surface area contributed by atoms with Gasteiger partial charge in [0.15, 0.2) is 0 Å². The van der Waals surface area contributed by atoms with Gasteiger partial charge in [-0.2, -0.15) is 5.10 Å². The van der Waals surface area contributed by atoms with E-state index in [9.17, 15) is 9.59 Å². The van der Waals surface area contributed by atoms with Crippen LogP contribution in [0.2, 0.25) is 0 Å². The van der Waals surface area contributed by atoms with Gasteiger partial charge in [0.2, 0.25) is 5.91 Å². The average Bonchev–Trinajstić information content (AvgIpc) is 3.22. The lowest BCUT2D eigenvalue weighted by atomic mass is 9.76. The number of carbonyl (C=O) groups excluding carboxylic acids is 2. The van der Waals surface area contributed by atoms with Crippen molar-refractivity contribution in [1.82, 2.24) is 14.7 Å². The number of hydrogen-bond donors (Lipinski definition) is 0. The monoisotopic (exact) mass is 381 g/mol. The summed E-state index contributed by atoms with van der Waals surface area (Å²) < 4.78 is 7.00. The summed E-state index contributed by atoms with van der Waals surface area (Å²) >= 11 is 0. The molecule has 1 aliphatic heterocycles. The van der Waals surface area contributed by atoms with Crippen LogP contribution in [0.3, 0.4) is 0 Å². The molecular formula is C22H27N3O3. The van der Waals surface area contributed by atoms with Crippen molar-refractivity contribution in [3.63, 3.8) is 0 Å². The first-order valence-corrected chi connectivity index (χ1v) is 9.77. The van der Waals surface area contributed by atoms with Gasteiger partial charge in [-0.05, 0) is 37.8 Å². The van der Waals surface area contributed by atoms with E-state index in [0.29, 0.717) is 26.1 Å². The molecular weight excluding hydrogens is 354 g/mol. The van der Waals surface area contributed by atoms with Crippen LogP contribution in [0.1, 0.15) is 31.7 Å². The van der Waals surface area contributed by atoms with Gasteiger partial charge < -0.3 is 9.64 Å². The SMILES string of the molecule is CCOC(=O)[C@@]1(C/C=C/c2ccccc2)CCCN(C(=O)Cn2cccn2)C1. The lowest BCUT2D eigenvalue weighted by molar-refractivity contribution is -0.160. The van der Waals surface area contributed by atoms with Crippen molar-refractivity contribution in [3.8, 4) is 0 Å². The minimum absolute atomic E-state index is 0.0240. The van der Waals surface area contributed by atoms with E-state index < -0.39 is 5.41 Å². The highest BCUT2D eigenvalue weighted by Gasteiger charge is 2.43. The highest BCUT2D eigenvalue weighted by atomic mass is 16.5. The number of piperidine rings is 1. The maximum atomic E-state index is 12.8. The lowest BCUT2D eigenvalue weighted by Gasteiger charge is -2.40. The van der Waals surface area contributed by atoms with Crippen molar-refractivity contribution in [1.29, 1.82) is 0 Å². The predicted molar refractivity (Wildman–Crippen MR) is 107 cm³/mol. The summed E-state index contributed by atoms with van der Waals surface area (Å²) in [7, 11) is 0. The molecule has 0 aliphatic carbocycles. The van der Waals surface area contributed by atoms with Crippen LogP contribution in [0.4, 0.5) is 0 Å². The number of rotatable bonds is 7. The van der Waals surface area contributed by atoms with E-state index in [4.69, 9.17) is 4.74 Å². The van der Waals surface area contributed by atoms with Gasteiger partial charge in [0.1, 0.15) is 6.54 Å². The molecule has 0 bridgehead atoms. The van der Waals surface area contributed by atoms with Gasteiger partial charge in [-0.3, -0.25) is 14.3 Å². The summed E-state index contributed by atoms with van der Waals surface area (Å²) in [5, 5.41) is 4.10. The number of likely N-dealkylation sites (tertiary alicyclic amines) is 1. The minimum Gasteiger partial charge on any atom is -0.466 e. The standard InChI is InChI=1S/C22H27N3O3/c1-2-28-21(27)22(12-6-11-19-9-4-3-5-10-19)13-7-15-24(18-22)20(26)17-25-16-8-14-23-25/h3-6,8-11,14,16H,2,7,12-13,15,17-18H2,1H3/b11-6+/t22-/m0/s1. The molecule has 0 N–H and O–H groups in total. The van der Waals surface area contributed by atoms with Crippen molar-refractivity contribution in [2.45, 2.75) is 32.7 Å². The molecule has 0 unspecified atom stereocenters. The van der Waals surface area contributed by atoms with E-state index >= 15 is 0 Å². The van der Waals surface area contributed by atoms with E-state index in [1.54, 1.807) is 28.0 Å². The molecule has 6 nitrogen and oxygen atoms in total. The summed E-state index contributed by atoms with van der Waals surface area (Å²) in [6, 6.07) is 11.8. The Morgan fingerprint density at radius 2 is 2.07 bits per heavy atom. The summed E-state index contributed by atoms with van der Waals surface area (Å²) in [4.78, 5) is 27.3. The van der Waals surface area contributed by atoms with Crippen LogP contribution < -0.4 is 0 Å². The summed E-state index contributed by atoms with van der Waals surface area (Å²) in [6.07, 6.45) is 9.51. The third-order valence-corrected chi connectivity index (χ3v) is 5.11. The van der Waals surface area contributed by atoms with E-state index in [0.717, 1.165) is 18.4 Å². The van der Waals surface area contributed by atoms with E-state index in [1.165, 1.54) is 0 Å². The third-order valence-electron chi connectivity index (χ3n) is 5.11. The fraction of sp³-hybridized carbons (Fsp3) is 0.409. The number of benzene rings is 1. The zero-order valence-corrected chi connectivity index (χ0v) is 16.3. The zero-order chi connectivity index (χ0) is 19.8. The van der Waals surface area contributed by atoms with Crippen LogP contribution in [-0.2, 0) is 20.9 Å². The summed E-state index contributed by atoms with van der Waals surface area (Å²) in [5.74, 6) is -0.242. The molecule has 1 atom stereocenters. The van der Waals surface area contributed by atoms with E-state index in [1.807, 2.05) is 49.4 Å². The topological polar surface area (TPSA) is 64.4 Å². The molecule has 1 saturated heterocycles. The molecule has 3 rings (SSSR count). The number of amides is 1. The van der Waals surface area contributed by atoms with Gasteiger partial charge in [0.05, 0.1) is 12.0 Å². The molecule has 148 valence electrons. The number of hydrogen-bond acceptors (Lipinski definition) is 4. The van der Waals surface area contributed by atoms with Crippen LogP contribution in [0.15, 0.2) is 54.9 Å². The first kappa shape index (κ1) is 19.9. The lowest BCUT2D eigenvalue weighted by Crippen LogP contribution is -2.51. The Hall–Kier alpha value is -2.89. The second-order valence-electron chi connectivity index (χ2n) is 7.14. The fourth-order valence-electron chi connectivity index (χ4n) is 3.66. The smallest absolute Gasteiger partial charge is 0.314 e. The van der Waals surface area contributed by atoms with Crippen LogP contribution in [0.5, 0.6) is 0 Å². The molecule has 0 spiro atoms. The highest BCUT2D eigenvalue weighted by Crippen LogP contribution is 2.36. The van der Waals surface area contributed by atoms with Crippen molar-refractivity contribution in [3.05, 3.63) is 60.4 Å². The molecule has 1 amide bonds. The van der Waals surface area contributed by atoms with Crippen LogP contribution in [0, 0.1) is 5.41 Å². The molecule has 2 heterocycles. The maximum absolute atomic E-state index is 12.8. The average molecular weight is 381 g/mol. The summed E-state index contributed by atoms with van der Waals surface area (Å²) in [5.41, 5.74) is 0.392. The molecule has 1 aromatic heterocycles. The Bertz CT molecular complexity index is 802. The quantitative estimate of drug-likeness (QED) is 0.691. The highest BCUT2D eigenvalue weighted by molar-refractivity contribution is 5.81. The van der Waals surface area contributed by atoms with Crippen molar-refractivity contribution >= 4 is 18.0 Å². The Kier molecular flexibility index (Phi) is 6.63. The van der Waals surface area contributed by atoms with Gasteiger partial charge >= 0.3 is 5.97 Å². The number of esters is 1. The van der Waals surface area contributed by atoms with Crippen LogP contribution in [-0.4, -0.2) is 46.3 Å². The second-order valence-corrected chi connectivity index (χ2v) is 7.14. The molecule has 6 heteroatoms. The third kappa shape index (κ3) is 4.88. The number of aromatic nitrogens is 2. The normalized spacial score (nSPS) is 19.7. The van der Waals surface area contributed by atoms with Crippen molar-refractivity contribution in [2.75, 3.05) is 19.7 Å². The predicted octanol–water partition coefficient (Wildman–Crippen LogP) is 3.16. The molecule has 2 aromatic rings. The molecule has 1 aromatic carbocycles. The first-order chi connectivity index (χ1) is 13.6. The van der Waals surface area contributed by atoms with Crippen LogP contribution >= 0.6 is 0 Å². The van der Waals surface area contributed by atoms with E-state index in [2.05, 4.69) is 5.10 Å². The molecule has 0 saturated carbocycles.